The third-order valence-corrected chi connectivity index (χ3v) is 6.94. The molecule has 0 saturated carbocycles. The molecule has 1 aromatic heterocycles. The first-order valence-electron chi connectivity index (χ1n) is 8.20. The molecule has 0 fully saturated rings. The molecule has 0 radical (unpaired) electrons. The standard InChI is InChI=1S/C17H19F3N2O4S2/c1-22(28(24,25)16-9-5-11-27-16)10-4-8-15(23)21-12-13-6-2-3-7-14(13)26-17(18,19)20/h2-3,5-7,9,11H,4,8,10,12H2,1H3,(H,21,23). The number of thiophene rings is 1. The van der Waals surface area contributed by atoms with Crippen molar-refractivity contribution in [1.29, 1.82) is 0 Å². The van der Waals surface area contributed by atoms with Gasteiger partial charge in [0.2, 0.25) is 5.91 Å². The fourth-order valence-corrected chi connectivity index (χ4v) is 4.71. The molecule has 0 bridgehead atoms. The van der Waals surface area contributed by atoms with E-state index in [1.165, 1.54) is 41.7 Å². The van der Waals surface area contributed by atoms with Crippen LogP contribution < -0.4 is 10.1 Å². The molecular formula is C17H19F3N2O4S2. The van der Waals surface area contributed by atoms with E-state index >= 15 is 0 Å². The number of amides is 1. The zero-order valence-corrected chi connectivity index (χ0v) is 16.5. The maximum absolute atomic E-state index is 12.4. The molecule has 0 aliphatic carbocycles. The number of benzene rings is 1. The monoisotopic (exact) mass is 436 g/mol. The van der Waals surface area contributed by atoms with Crippen molar-refractivity contribution in [2.24, 2.45) is 0 Å². The number of hydrogen-bond acceptors (Lipinski definition) is 5. The Kier molecular flexibility index (Phi) is 7.44. The second kappa shape index (κ2) is 9.39. The highest BCUT2D eigenvalue weighted by molar-refractivity contribution is 7.91. The molecule has 0 spiro atoms. The zero-order chi connectivity index (χ0) is 20.8. The number of para-hydroxylation sites is 1. The predicted octanol–water partition coefficient (Wildman–Crippen LogP) is 3.36. The Labute approximate surface area is 165 Å². The number of alkyl halides is 3. The highest BCUT2D eigenvalue weighted by Gasteiger charge is 2.32. The van der Waals surface area contributed by atoms with E-state index in [2.05, 4.69) is 10.1 Å². The van der Waals surface area contributed by atoms with Crippen molar-refractivity contribution in [1.82, 2.24) is 9.62 Å². The Morgan fingerprint density at radius 3 is 2.57 bits per heavy atom. The minimum atomic E-state index is -4.82. The number of sulfonamides is 1. The largest absolute Gasteiger partial charge is 0.573 e. The Bertz CT molecular complexity index is 884. The molecule has 154 valence electrons. The Hall–Kier alpha value is -2.11. The summed E-state index contributed by atoms with van der Waals surface area (Å²) in [5, 5.41) is 4.17. The van der Waals surface area contributed by atoms with E-state index in [-0.39, 0.29) is 41.5 Å². The zero-order valence-electron chi connectivity index (χ0n) is 14.9. The molecule has 0 unspecified atom stereocenters. The minimum Gasteiger partial charge on any atom is -0.405 e. The average molecular weight is 436 g/mol. The van der Waals surface area contributed by atoms with Gasteiger partial charge < -0.3 is 10.1 Å². The molecule has 1 heterocycles. The van der Waals surface area contributed by atoms with E-state index in [0.717, 1.165) is 11.3 Å². The van der Waals surface area contributed by atoms with Crippen LogP contribution in [0.1, 0.15) is 18.4 Å². The van der Waals surface area contributed by atoms with Crippen LogP contribution >= 0.6 is 11.3 Å². The van der Waals surface area contributed by atoms with Crippen LogP contribution in [-0.2, 0) is 21.4 Å². The molecule has 0 saturated heterocycles. The number of carbonyl (C=O) groups excluding carboxylic acids is 1. The van der Waals surface area contributed by atoms with Crippen molar-refractivity contribution < 1.29 is 31.1 Å². The molecule has 1 aromatic carbocycles. The lowest BCUT2D eigenvalue weighted by Gasteiger charge is -2.16. The third kappa shape index (κ3) is 6.50. The fourth-order valence-electron chi connectivity index (χ4n) is 2.30. The number of carbonyl (C=O) groups is 1. The van der Waals surface area contributed by atoms with Crippen LogP contribution in [0.25, 0.3) is 0 Å². The van der Waals surface area contributed by atoms with Gasteiger partial charge in [-0.3, -0.25) is 4.79 Å². The second-order valence-electron chi connectivity index (χ2n) is 5.79. The van der Waals surface area contributed by atoms with E-state index in [4.69, 9.17) is 0 Å². The first-order chi connectivity index (χ1) is 13.1. The van der Waals surface area contributed by atoms with Crippen LogP contribution in [0.3, 0.4) is 0 Å². The molecule has 0 aliphatic rings. The van der Waals surface area contributed by atoms with Crippen LogP contribution in [0.15, 0.2) is 46.0 Å². The number of halogens is 3. The average Bonchev–Trinajstić information content (AvgIpc) is 3.15. The van der Waals surface area contributed by atoms with Gasteiger partial charge in [0.15, 0.2) is 0 Å². The molecule has 11 heteroatoms. The summed E-state index contributed by atoms with van der Waals surface area (Å²) in [6.07, 6.45) is -4.51. The van der Waals surface area contributed by atoms with Gasteiger partial charge in [0.25, 0.3) is 10.0 Å². The highest BCUT2D eigenvalue weighted by atomic mass is 32.2. The first-order valence-corrected chi connectivity index (χ1v) is 10.5. The van der Waals surface area contributed by atoms with Crippen molar-refractivity contribution in [3.8, 4) is 5.75 Å². The molecule has 1 N–H and O–H groups in total. The topological polar surface area (TPSA) is 75.7 Å². The van der Waals surface area contributed by atoms with Gasteiger partial charge in [0.05, 0.1) is 0 Å². The van der Waals surface area contributed by atoms with E-state index < -0.39 is 22.3 Å². The van der Waals surface area contributed by atoms with Crippen molar-refractivity contribution >= 4 is 27.3 Å². The lowest BCUT2D eigenvalue weighted by molar-refractivity contribution is -0.274. The number of rotatable bonds is 9. The molecule has 6 nitrogen and oxygen atoms in total. The van der Waals surface area contributed by atoms with Gasteiger partial charge in [-0.05, 0) is 23.9 Å². The number of hydrogen-bond donors (Lipinski definition) is 1. The van der Waals surface area contributed by atoms with Gasteiger partial charge in [-0.2, -0.15) is 0 Å². The summed E-state index contributed by atoms with van der Waals surface area (Å²) >= 11 is 1.11. The van der Waals surface area contributed by atoms with Crippen molar-refractivity contribution in [2.45, 2.75) is 30.0 Å². The second-order valence-corrected chi connectivity index (χ2v) is 9.01. The molecule has 0 aliphatic heterocycles. The van der Waals surface area contributed by atoms with Crippen molar-refractivity contribution in [3.05, 3.63) is 47.3 Å². The van der Waals surface area contributed by atoms with E-state index in [9.17, 15) is 26.4 Å². The van der Waals surface area contributed by atoms with Crippen molar-refractivity contribution in [2.75, 3.05) is 13.6 Å². The summed E-state index contributed by atoms with van der Waals surface area (Å²) in [5.41, 5.74) is 0.186. The SMILES string of the molecule is CN(CCCC(=O)NCc1ccccc1OC(F)(F)F)S(=O)(=O)c1cccs1. The summed E-state index contributed by atoms with van der Waals surface area (Å²) in [5.74, 6) is -0.777. The van der Waals surface area contributed by atoms with Crippen molar-refractivity contribution in [3.63, 3.8) is 0 Å². The van der Waals surface area contributed by atoms with E-state index in [1.54, 1.807) is 11.4 Å². The van der Waals surface area contributed by atoms with E-state index in [1.807, 2.05) is 0 Å². The lowest BCUT2D eigenvalue weighted by atomic mass is 10.2. The molecule has 2 rings (SSSR count). The molecule has 1 amide bonds. The Balaban J connectivity index is 1.81. The van der Waals surface area contributed by atoms with Crippen LogP contribution in [0.2, 0.25) is 0 Å². The smallest absolute Gasteiger partial charge is 0.405 e. The van der Waals surface area contributed by atoms with Crippen LogP contribution in [0.5, 0.6) is 5.75 Å². The third-order valence-electron chi connectivity index (χ3n) is 3.71. The minimum absolute atomic E-state index is 0.0343. The molecule has 2 aromatic rings. The fraction of sp³-hybridized carbons (Fsp3) is 0.353. The summed E-state index contributed by atoms with van der Waals surface area (Å²) in [7, 11) is -2.15. The lowest BCUT2D eigenvalue weighted by Crippen LogP contribution is -2.29. The summed E-state index contributed by atoms with van der Waals surface area (Å²) < 4.78 is 67.0. The molecule has 0 atom stereocenters. The predicted molar refractivity (Wildman–Crippen MR) is 98.3 cm³/mol. The van der Waals surface area contributed by atoms with Gasteiger partial charge in [-0.15, -0.1) is 24.5 Å². The molecular weight excluding hydrogens is 417 g/mol. The Morgan fingerprint density at radius 2 is 1.93 bits per heavy atom. The highest BCUT2D eigenvalue weighted by Crippen LogP contribution is 2.26. The maximum atomic E-state index is 12.4. The quantitative estimate of drug-likeness (QED) is 0.654. The van der Waals surface area contributed by atoms with Gasteiger partial charge >= 0.3 is 6.36 Å². The Morgan fingerprint density at radius 1 is 1.21 bits per heavy atom. The summed E-state index contributed by atoms with van der Waals surface area (Å²) in [6.45, 7) is 0.00977. The van der Waals surface area contributed by atoms with Gasteiger partial charge in [-0.1, -0.05) is 24.3 Å². The van der Waals surface area contributed by atoms with Gasteiger partial charge in [0.1, 0.15) is 9.96 Å². The number of nitrogens with zero attached hydrogens (tertiary/aromatic N) is 1. The summed E-state index contributed by atoms with van der Waals surface area (Å²) in [6, 6.07) is 8.66. The number of ether oxygens (including phenoxy) is 1. The summed E-state index contributed by atoms with van der Waals surface area (Å²) in [4.78, 5) is 11.9. The maximum Gasteiger partial charge on any atom is 0.573 e. The normalized spacial score (nSPS) is 12.2. The first kappa shape index (κ1) is 22.2. The van der Waals surface area contributed by atoms with Gasteiger partial charge in [0, 0.05) is 32.1 Å². The van der Waals surface area contributed by atoms with Crippen LogP contribution in [-0.4, -0.2) is 38.6 Å². The van der Waals surface area contributed by atoms with Crippen LogP contribution in [0.4, 0.5) is 13.2 Å². The van der Waals surface area contributed by atoms with Crippen LogP contribution in [0, 0.1) is 0 Å². The number of nitrogens with one attached hydrogen (secondary N) is 1. The van der Waals surface area contributed by atoms with Gasteiger partial charge in [-0.25, -0.2) is 12.7 Å². The van der Waals surface area contributed by atoms with E-state index in [0.29, 0.717) is 0 Å². The molecule has 28 heavy (non-hydrogen) atoms.